The van der Waals surface area contributed by atoms with Crippen molar-refractivity contribution in [3.05, 3.63) is 51.7 Å². The monoisotopic (exact) mass is 314 g/mol. The molecule has 0 spiro atoms. The van der Waals surface area contributed by atoms with Gasteiger partial charge in [0.2, 0.25) is 0 Å². The molecule has 1 amide bonds. The van der Waals surface area contributed by atoms with Gasteiger partial charge in [-0.15, -0.1) is 11.3 Å². The van der Waals surface area contributed by atoms with Crippen molar-refractivity contribution < 1.29 is 4.79 Å². The van der Waals surface area contributed by atoms with Crippen LogP contribution in [0.15, 0.2) is 41.1 Å². The number of carbonyl (C=O) groups is 1. The summed E-state index contributed by atoms with van der Waals surface area (Å²) >= 11 is 3.17. The van der Waals surface area contributed by atoms with E-state index >= 15 is 0 Å². The third-order valence-corrected chi connectivity index (χ3v) is 5.41. The molecule has 2 heterocycles. The molecular formula is C16H14N2OS2. The van der Waals surface area contributed by atoms with Gasteiger partial charge in [-0.3, -0.25) is 4.79 Å². The van der Waals surface area contributed by atoms with E-state index in [0.717, 1.165) is 23.1 Å². The van der Waals surface area contributed by atoms with Gasteiger partial charge in [0.25, 0.3) is 5.91 Å². The number of aromatic nitrogens is 1. The van der Waals surface area contributed by atoms with Gasteiger partial charge < -0.3 is 4.90 Å². The first-order chi connectivity index (χ1) is 10.3. The largest absolute Gasteiger partial charge is 0.329 e. The van der Waals surface area contributed by atoms with E-state index in [0.29, 0.717) is 17.6 Å². The minimum Gasteiger partial charge on any atom is -0.329 e. The number of nitrogens with zero attached hydrogens (tertiary/aromatic N) is 2. The van der Waals surface area contributed by atoms with Crippen molar-refractivity contribution in [2.45, 2.75) is 25.4 Å². The average molecular weight is 314 g/mol. The molecule has 4 rings (SSSR count). The molecule has 1 aliphatic rings. The minimum absolute atomic E-state index is 0.0740. The molecule has 3 aromatic rings. The molecule has 0 N–H and O–H groups in total. The summed E-state index contributed by atoms with van der Waals surface area (Å²) in [5, 5.41) is 4.78. The molecule has 106 valence electrons. The number of thiophene rings is 1. The molecule has 0 saturated heterocycles. The Kier molecular flexibility index (Phi) is 3.24. The zero-order chi connectivity index (χ0) is 14.2. The van der Waals surface area contributed by atoms with E-state index in [9.17, 15) is 4.79 Å². The van der Waals surface area contributed by atoms with Crippen LogP contribution >= 0.6 is 22.7 Å². The zero-order valence-electron chi connectivity index (χ0n) is 11.4. The predicted molar refractivity (Wildman–Crippen MR) is 86.8 cm³/mol. The molecule has 0 atom stereocenters. The predicted octanol–water partition coefficient (Wildman–Crippen LogP) is 4.16. The van der Waals surface area contributed by atoms with Crippen molar-refractivity contribution in [1.29, 1.82) is 0 Å². The van der Waals surface area contributed by atoms with E-state index in [4.69, 9.17) is 0 Å². The normalized spacial score (nSPS) is 14.5. The van der Waals surface area contributed by atoms with Gasteiger partial charge >= 0.3 is 0 Å². The van der Waals surface area contributed by atoms with Crippen LogP contribution in [0.5, 0.6) is 0 Å². The molecule has 0 bridgehead atoms. The second kappa shape index (κ2) is 5.24. The summed E-state index contributed by atoms with van der Waals surface area (Å²) in [6.45, 7) is 0.697. The number of benzene rings is 1. The summed E-state index contributed by atoms with van der Waals surface area (Å²) in [5.74, 6) is 0.0740. The summed E-state index contributed by atoms with van der Waals surface area (Å²) in [4.78, 5) is 19.3. The summed E-state index contributed by atoms with van der Waals surface area (Å²) in [5.41, 5.74) is 2.12. The first-order valence-electron chi connectivity index (χ1n) is 6.99. The molecule has 0 aliphatic heterocycles. The van der Waals surface area contributed by atoms with Gasteiger partial charge in [-0.25, -0.2) is 4.98 Å². The summed E-state index contributed by atoms with van der Waals surface area (Å²) < 4.78 is 1.08. The van der Waals surface area contributed by atoms with E-state index in [-0.39, 0.29) is 5.91 Å². The Morgan fingerprint density at radius 1 is 1.29 bits per heavy atom. The fourth-order valence-electron chi connectivity index (χ4n) is 2.42. The van der Waals surface area contributed by atoms with E-state index in [1.54, 1.807) is 11.3 Å². The van der Waals surface area contributed by atoms with Crippen LogP contribution in [0, 0.1) is 0 Å². The lowest BCUT2D eigenvalue weighted by atomic mass is 10.3. The molecule has 0 unspecified atom stereocenters. The topological polar surface area (TPSA) is 33.2 Å². The standard InChI is InChI=1S/C16H14N2OS2/c19-16(15-17-13-3-1-2-4-14(13)21-15)18(12-5-6-12)9-11-7-8-20-10-11/h1-4,7-8,10,12H,5-6,9H2. The zero-order valence-corrected chi connectivity index (χ0v) is 13.0. The van der Waals surface area contributed by atoms with Crippen molar-refractivity contribution in [1.82, 2.24) is 9.88 Å². The van der Waals surface area contributed by atoms with Gasteiger partial charge in [0.15, 0.2) is 5.01 Å². The highest BCUT2D eigenvalue weighted by Crippen LogP contribution is 2.32. The highest BCUT2D eigenvalue weighted by Gasteiger charge is 2.34. The van der Waals surface area contributed by atoms with Crippen LogP contribution in [0.1, 0.15) is 28.2 Å². The molecular weight excluding hydrogens is 300 g/mol. The lowest BCUT2D eigenvalue weighted by molar-refractivity contribution is 0.0730. The third-order valence-electron chi connectivity index (χ3n) is 3.66. The smallest absolute Gasteiger partial charge is 0.283 e. The third kappa shape index (κ3) is 2.59. The molecule has 1 aliphatic carbocycles. The number of fused-ring (bicyclic) bond motifs is 1. The number of rotatable bonds is 4. The van der Waals surface area contributed by atoms with E-state index in [1.165, 1.54) is 16.9 Å². The molecule has 1 fully saturated rings. The molecule has 2 aromatic heterocycles. The Balaban J connectivity index is 1.64. The highest BCUT2D eigenvalue weighted by molar-refractivity contribution is 7.20. The summed E-state index contributed by atoms with van der Waals surface area (Å²) in [6, 6.07) is 10.4. The minimum atomic E-state index is 0.0740. The molecule has 5 heteroatoms. The van der Waals surface area contributed by atoms with Crippen LogP contribution in [-0.2, 0) is 6.54 Å². The Morgan fingerprint density at radius 2 is 2.14 bits per heavy atom. The molecule has 0 radical (unpaired) electrons. The van der Waals surface area contributed by atoms with Gasteiger partial charge in [0.05, 0.1) is 10.2 Å². The van der Waals surface area contributed by atoms with Crippen molar-refractivity contribution in [3.63, 3.8) is 0 Å². The first kappa shape index (κ1) is 13.0. The van der Waals surface area contributed by atoms with Crippen LogP contribution in [0.4, 0.5) is 0 Å². The Bertz CT molecular complexity index is 742. The number of thiazole rings is 1. The van der Waals surface area contributed by atoms with Crippen LogP contribution in [-0.4, -0.2) is 21.8 Å². The fourth-order valence-corrected chi connectivity index (χ4v) is 4.00. The van der Waals surface area contributed by atoms with Crippen molar-refractivity contribution in [2.24, 2.45) is 0 Å². The number of carbonyl (C=O) groups excluding carboxylic acids is 1. The number of para-hydroxylation sites is 1. The molecule has 1 saturated carbocycles. The second-order valence-electron chi connectivity index (χ2n) is 5.28. The molecule has 21 heavy (non-hydrogen) atoms. The number of hydrogen-bond acceptors (Lipinski definition) is 4. The maximum Gasteiger partial charge on any atom is 0.283 e. The fraction of sp³-hybridized carbons (Fsp3) is 0.250. The van der Waals surface area contributed by atoms with Gasteiger partial charge in [-0.1, -0.05) is 12.1 Å². The quantitative estimate of drug-likeness (QED) is 0.724. The van der Waals surface area contributed by atoms with Crippen molar-refractivity contribution >= 4 is 38.8 Å². The van der Waals surface area contributed by atoms with Gasteiger partial charge in [0.1, 0.15) is 0 Å². The Hall–Kier alpha value is -1.72. The van der Waals surface area contributed by atoms with Crippen LogP contribution in [0.25, 0.3) is 10.2 Å². The highest BCUT2D eigenvalue weighted by atomic mass is 32.1. The summed E-state index contributed by atoms with van der Waals surface area (Å²) in [6.07, 6.45) is 2.22. The van der Waals surface area contributed by atoms with E-state index in [1.807, 2.05) is 29.2 Å². The van der Waals surface area contributed by atoms with Crippen molar-refractivity contribution in [3.8, 4) is 0 Å². The van der Waals surface area contributed by atoms with E-state index in [2.05, 4.69) is 21.8 Å². The maximum absolute atomic E-state index is 12.8. The number of hydrogen-bond donors (Lipinski definition) is 0. The molecule has 3 nitrogen and oxygen atoms in total. The Morgan fingerprint density at radius 3 is 2.86 bits per heavy atom. The summed E-state index contributed by atoms with van der Waals surface area (Å²) in [7, 11) is 0. The van der Waals surface area contributed by atoms with Crippen LogP contribution < -0.4 is 0 Å². The van der Waals surface area contributed by atoms with Gasteiger partial charge in [-0.2, -0.15) is 11.3 Å². The SMILES string of the molecule is O=C(c1nc2ccccc2s1)N(Cc1ccsc1)C1CC1. The van der Waals surface area contributed by atoms with Crippen LogP contribution in [0.2, 0.25) is 0 Å². The van der Waals surface area contributed by atoms with E-state index < -0.39 is 0 Å². The van der Waals surface area contributed by atoms with Crippen molar-refractivity contribution in [2.75, 3.05) is 0 Å². The lowest BCUT2D eigenvalue weighted by Crippen LogP contribution is -2.32. The van der Waals surface area contributed by atoms with Crippen LogP contribution in [0.3, 0.4) is 0 Å². The first-order valence-corrected chi connectivity index (χ1v) is 8.75. The van der Waals surface area contributed by atoms with Gasteiger partial charge in [-0.05, 0) is 47.4 Å². The second-order valence-corrected chi connectivity index (χ2v) is 7.09. The molecule has 1 aromatic carbocycles. The Labute approximate surface area is 130 Å². The van der Waals surface area contributed by atoms with Gasteiger partial charge in [0, 0.05) is 12.6 Å². The number of amides is 1. The average Bonchev–Trinajstić information content (AvgIpc) is 3.04. The maximum atomic E-state index is 12.8. The lowest BCUT2D eigenvalue weighted by Gasteiger charge is -2.20.